The zero-order valence-electron chi connectivity index (χ0n) is 14.4. The Kier molecular flexibility index (Phi) is 3.76. The summed E-state index contributed by atoms with van der Waals surface area (Å²) in [6, 6.07) is 10.8. The van der Waals surface area contributed by atoms with Crippen LogP contribution in [0.15, 0.2) is 47.3 Å². The largest absolute Gasteiger partial charge is 0.454 e. The predicted molar refractivity (Wildman–Crippen MR) is 98.4 cm³/mol. The molecular weight excluding hydrogens is 334 g/mol. The summed E-state index contributed by atoms with van der Waals surface area (Å²) in [5, 5.41) is 2.81. The molecule has 1 aliphatic rings. The van der Waals surface area contributed by atoms with E-state index < -0.39 is 0 Å². The van der Waals surface area contributed by atoms with Crippen LogP contribution in [0, 0.1) is 0 Å². The van der Waals surface area contributed by atoms with Gasteiger partial charge in [0.1, 0.15) is 0 Å². The first-order valence-corrected chi connectivity index (χ1v) is 8.07. The van der Waals surface area contributed by atoms with E-state index in [9.17, 15) is 9.59 Å². The van der Waals surface area contributed by atoms with E-state index in [2.05, 4.69) is 5.32 Å². The number of aromatic nitrogens is 2. The van der Waals surface area contributed by atoms with Gasteiger partial charge in [-0.3, -0.25) is 13.9 Å². The minimum absolute atomic E-state index is 0.105. The summed E-state index contributed by atoms with van der Waals surface area (Å²) in [6.07, 6.45) is 3.15. The Balaban J connectivity index is 1.52. The third kappa shape index (κ3) is 2.73. The summed E-state index contributed by atoms with van der Waals surface area (Å²) in [5.41, 5.74) is 2.93. The van der Waals surface area contributed by atoms with Crippen LogP contribution in [0.1, 0.15) is 5.56 Å². The molecule has 3 aromatic rings. The van der Waals surface area contributed by atoms with Gasteiger partial charge in [-0.25, -0.2) is 4.79 Å². The van der Waals surface area contributed by atoms with Crippen LogP contribution in [-0.2, 0) is 18.9 Å². The maximum Gasteiger partial charge on any atom is 0.328 e. The number of nitrogens with one attached hydrogen (secondary N) is 1. The van der Waals surface area contributed by atoms with Crippen molar-refractivity contribution in [3.8, 4) is 11.5 Å². The normalized spacial score (nSPS) is 12.8. The average molecular weight is 351 g/mol. The third-order valence-electron chi connectivity index (χ3n) is 4.36. The number of hydrogen-bond acceptors (Lipinski definition) is 4. The molecule has 0 bridgehead atoms. The van der Waals surface area contributed by atoms with Crippen molar-refractivity contribution in [2.75, 3.05) is 12.1 Å². The first-order chi connectivity index (χ1) is 12.5. The van der Waals surface area contributed by atoms with Crippen molar-refractivity contribution in [3.63, 3.8) is 0 Å². The molecule has 0 fully saturated rings. The number of carbonyl (C=O) groups excluding carboxylic acids is 1. The molecule has 0 atom stereocenters. The molecule has 2 heterocycles. The molecule has 0 aliphatic carbocycles. The summed E-state index contributed by atoms with van der Waals surface area (Å²) in [4.78, 5) is 24.2. The van der Waals surface area contributed by atoms with Crippen LogP contribution < -0.4 is 20.5 Å². The Bertz CT molecular complexity index is 1110. The van der Waals surface area contributed by atoms with Crippen LogP contribution in [0.5, 0.6) is 11.5 Å². The summed E-state index contributed by atoms with van der Waals surface area (Å²) in [7, 11) is 3.42. The van der Waals surface area contributed by atoms with Crippen molar-refractivity contribution < 1.29 is 14.3 Å². The SMILES string of the molecule is Cn1c(=O)n(C)c2cc(NC(=O)/C=C/c3ccc4c(c3)OCO4)ccc21. The molecule has 1 N–H and O–H groups in total. The second-order valence-corrected chi connectivity index (χ2v) is 6.04. The number of rotatable bonds is 3. The highest BCUT2D eigenvalue weighted by Gasteiger charge is 2.12. The number of nitrogens with zero attached hydrogens (tertiary/aromatic N) is 2. The van der Waals surface area contributed by atoms with E-state index in [0.717, 1.165) is 16.6 Å². The molecule has 1 aromatic heterocycles. The lowest BCUT2D eigenvalue weighted by molar-refractivity contribution is -0.111. The molecule has 0 saturated carbocycles. The summed E-state index contributed by atoms with van der Waals surface area (Å²) < 4.78 is 13.7. The van der Waals surface area contributed by atoms with Gasteiger partial charge in [0.15, 0.2) is 11.5 Å². The highest BCUT2D eigenvalue weighted by Crippen LogP contribution is 2.32. The topological polar surface area (TPSA) is 74.5 Å². The predicted octanol–water partition coefficient (Wildman–Crippen LogP) is 2.26. The highest BCUT2D eigenvalue weighted by atomic mass is 16.7. The zero-order valence-corrected chi connectivity index (χ0v) is 14.4. The molecule has 0 unspecified atom stereocenters. The van der Waals surface area contributed by atoms with E-state index >= 15 is 0 Å². The number of aryl methyl sites for hydroxylation is 2. The smallest absolute Gasteiger partial charge is 0.328 e. The number of fused-ring (bicyclic) bond motifs is 2. The quantitative estimate of drug-likeness (QED) is 0.735. The molecule has 1 amide bonds. The molecule has 0 saturated heterocycles. The Hall–Kier alpha value is -3.48. The highest BCUT2D eigenvalue weighted by molar-refractivity contribution is 6.02. The minimum atomic E-state index is -0.261. The molecule has 1 aliphatic heterocycles. The van der Waals surface area contributed by atoms with Crippen molar-refractivity contribution in [1.29, 1.82) is 0 Å². The fraction of sp³-hybridized carbons (Fsp3) is 0.158. The zero-order chi connectivity index (χ0) is 18.3. The molecular formula is C19H17N3O4. The number of amides is 1. The van der Waals surface area contributed by atoms with Gasteiger partial charge in [-0.1, -0.05) is 6.07 Å². The molecule has 7 nitrogen and oxygen atoms in total. The maximum absolute atomic E-state index is 12.2. The van der Waals surface area contributed by atoms with Crippen LogP contribution in [0.2, 0.25) is 0 Å². The molecule has 4 rings (SSSR count). The van der Waals surface area contributed by atoms with E-state index in [1.165, 1.54) is 6.08 Å². The molecule has 0 radical (unpaired) electrons. The van der Waals surface area contributed by atoms with Crippen LogP contribution in [0.4, 0.5) is 5.69 Å². The molecule has 0 spiro atoms. The van der Waals surface area contributed by atoms with Crippen LogP contribution in [0.25, 0.3) is 17.1 Å². The van der Waals surface area contributed by atoms with Gasteiger partial charge in [0.25, 0.3) is 0 Å². The number of imidazole rings is 1. The lowest BCUT2D eigenvalue weighted by atomic mass is 10.2. The van der Waals surface area contributed by atoms with E-state index in [0.29, 0.717) is 17.2 Å². The summed E-state index contributed by atoms with van der Waals surface area (Å²) in [5.74, 6) is 1.11. The monoisotopic (exact) mass is 351 g/mol. The van der Waals surface area contributed by atoms with Crippen LogP contribution in [0.3, 0.4) is 0 Å². The molecule has 2 aromatic carbocycles. The van der Waals surface area contributed by atoms with Crippen LogP contribution >= 0.6 is 0 Å². The molecule has 132 valence electrons. The number of carbonyl (C=O) groups is 1. The number of hydrogen-bond donors (Lipinski definition) is 1. The fourth-order valence-corrected chi connectivity index (χ4v) is 2.96. The second kappa shape index (κ2) is 6.11. The lowest BCUT2D eigenvalue weighted by Gasteiger charge is -2.03. The minimum Gasteiger partial charge on any atom is -0.454 e. The van der Waals surface area contributed by atoms with Crippen molar-refractivity contribution in [1.82, 2.24) is 9.13 Å². The first-order valence-electron chi connectivity index (χ1n) is 8.07. The first kappa shape index (κ1) is 16.0. The van der Waals surface area contributed by atoms with E-state index in [4.69, 9.17) is 9.47 Å². The lowest BCUT2D eigenvalue weighted by Crippen LogP contribution is -2.19. The number of benzene rings is 2. The van der Waals surface area contributed by atoms with Crippen molar-refractivity contribution in [2.45, 2.75) is 0 Å². The average Bonchev–Trinajstić information content (AvgIpc) is 3.19. The van der Waals surface area contributed by atoms with E-state index in [-0.39, 0.29) is 18.4 Å². The van der Waals surface area contributed by atoms with Gasteiger partial charge in [-0.2, -0.15) is 0 Å². The van der Waals surface area contributed by atoms with Gasteiger partial charge >= 0.3 is 5.69 Å². The van der Waals surface area contributed by atoms with Gasteiger partial charge < -0.3 is 14.8 Å². The van der Waals surface area contributed by atoms with Crippen LogP contribution in [-0.4, -0.2) is 21.8 Å². The summed E-state index contributed by atoms with van der Waals surface area (Å²) >= 11 is 0. The van der Waals surface area contributed by atoms with Gasteiger partial charge in [0, 0.05) is 25.9 Å². The summed E-state index contributed by atoms with van der Waals surface area (Å²) in [6.45, 7) is 0.216. The third-order valence-corrected chi connectivity index (χ3v) is 4.36. The molecule has 26 heavy (non-hydrogen) atoms. The Labute approximate surface area is 149 Å². The van der Waals surface area contributed by atoms with Gasteiger partial charge in [0.2, 0.25) is 12.7 Å². The number of ether oxygens (including phenoxy) is 2. The van der Waals surface area contributed by atoms with Gasteiger partial charge in [0.05, 0.1) is 11.0 Å². The number of anilines is 1. The molecule has 7 heteroatoms. The fourth-order valence-electron chi connectivity index (χ4n) is 2.96. The Morgan fingerprint density at radius 2 is 1.81 bits per heavy atom. The van der Waals surface area contributed by atoms with Gasteiger partial charge in [-0.15, -0.1) is 0 Å². The second-order valence-electron chi connectivity index (χ2n) is 6.04. The van der Waals surface area contributed by atoms with Crippen molar-refractivity contribution in [2.24, 2.45) is 14.1 Å². The Morgan fingerprint density at radius 3 is 2.65 bits per heavy atom. The van der Waals surface area contributed by atoms with Crippen molar-refractivity contribution in [3.05, 3.63) is 58.5 Å². The van der Waals surface area contributed by atoms with E-state index in [1.807, 2.05) is 24.3 Å². The van der Waals surface area contributed by atoms with E-state index in [1.54, 1.807) is 41.4 Å². The Morgan fingerprint density at radius 1 is 1.04 bits per heavy atom. The maximum atomic E-state index is 12.2. The standard InChI is InChI=1S/C19H17N3O4/c1-21-14-6-5-13(10-15(14)22(2)19(21)24)20-18(23)8-4-12-3-7-16-17(9-12)26-11-25-16/h3-10H,11H2,1-2H3,(H,20,23)/b8-4+. The van der Waals surface area contributed by atoms with Gasteiger partial charge in [-0.05, 0) is 42.0 Å². The van der Waals surface area contributed by atoms with Crippen molar-refractivity contribution >= 4 is 28.7 Å².